The number of piperazine rings is 1. The third-order valence-electron chi connectivity index (χ3n) is 5.27. The van der Waals surface area contributed by atoms with E-state index in [9.17, 15) is 0 Å². The Bertz CT molecular complexity index is 961. The van der Waals surface area contributed by atoms with E-state index in [0.29, 0.717) is 0 Å². The van der Waals surface area contributed by atoms with Gasteiger partial charge >= 0.3 is 0 Å². The van der Waals surface area contributed by atoms with Gasteiger partial charge in [0, 0.05) is 49.2 Å². The van der Waals surface area contributed by atoms with Crippen molar-refractivity contribution < 1.29 is 9.47 Å². The van der Waals surface area contributed by atoms with Crippen LogP contribution in [0, 0.1) is 0 Å². The van der Waals surface area contributed by atoms with E-state index in [-0.39, 0.29) is 6.79 Å². The minimum absolute atomic E-state index is 0.276. The maximum atomic E-state index is 5.45. The van der Waals surface area contributed by atoms with Gasteiger partial charge in [0.25, 0.3) is 0 Å². The number of benzene rings is 2. The van der Waals surface area contributed by atoms with Gasteiger partial charge in [0.05, 0.1) is 5.69 Å². The molecule has 2 aromatic carbocycles. The standard InChI is InChI=1S/C21H23N5O2/c1-25-8-10-26(11-9-25)17-5-3-16(4-6-17)22-21-13-18(23-24-21)15-2-7-19-20(12-15)28-14-27-19/h2-7,12-13H,8-11,14H2,1H3,(H2,22,23,24). The predicted octanol–water partition coefficient (Wildman–Crippen LogP) is 3.30. The number of nitrogens with one attached hydrogen (secondary N) is 2. The highest BCUT2D eigenvalue weighted by Gasteiger charge is 2.16. The number of H-pyrrole nitrogens is 1. The molecule has 28 heavy (non-hydrogen) atoms. The Morgan fingerprint density at radius 3 is 2.54 bits per heavy atom. The smallest absolute Gasteiger partial charge is 0.231 e. The SMILES string of the molecule is CN1CCN(c2ccc(Nc3cc(-c4ccc5c(c4)OCO5)[nH]n3)cc2)CC1. The summed E-state index contributed by atoms with van der Waals surface area (Å²) in [5.41, 5.74) is 4.22. The molecule has 0 radical (unpaired) electrons. The lowest BCUT2D eigenvalue weighted by atomic mass is 10.1. The number of fused-ring (bicyclic) bond motifs is 1. The number of likely N-dealkylation sites (N-methyl/N-ethyl adjacent to an activating group) is 1. The van der Waals surface area contributed by atoms with E-state index in [1.165, 1.54) is 5.69 Å². The molecule has 1 fully saturated rings. The van der Waals surface area contributed by atoms with Gasteiger partial charge in [-0.1, -0.05) is 0 Å². The number of rotatable bonds is 4. The first kappa shape index (κ1) is 16.9. The van der Waals surface area contributed by atoms with Crippen molar-refractivity contribution in [3.8, 4) is 22.8 Å². The Balaban J connectivity index is 1.27. The Morgan fingerprint density at radius 1 is 0.929 bits per heavy atom. The predicted molar refractivity (Wildman–Crippen MR) is 110 cm³/mol. The molecule has 0 saturated carbocycles. The van der Waals surface area contributed by atoms with Gasteiger partial charge in [0.2, 0.25) is 6.79 Å². The molecule has 2 aliphatic rings. The first-order chi connectivity index (χ1) is 13.7. The van der Waals surface area contributed by atoms with E-state index in [1.54, 1.807) is 0 Å². The summed E-state index contributed by atoms with van der Waals surface area (Å²) in [5, 5.41) is 10.8. The first-order valence-corrected chi connectivity index (χ1v) is 9.51. The molecule has 0 spiro atoms. The van der Waals surface area contributed by atoms with Crippen LogP contribution >= 0.6 is 0 Å². The Kier molecular flexibility index (Phi) is 4.29. The molecule has 7 nitrogen and oxygen atoms in total. The summed E-state index contributed by atoms with van der Waals surface area (Å²) < 4.78 is 10.8. The zero-order valence-electron chi connectivity index (χ0n) is 15.8. The fourth-order valence-electron chi connectivity index (χ4n) is 3.57. The third-order valence-corrected chi connectivity index (χ3v) is 5.27. The van der Waals surface area contributed by atoms with E-state index in [2.05, 4.69) is 56.6 Å². The van der Waals surface area contributed by atoms with Gasteiger partial charge in [0.15, 0.2) is 17.3 Å². The van der Waals surface area contributed by atoms with Crippen LogP contribution in [-0.2, 0) is 0 Å². The lowest BCUT2D eigenvalue weighted by molar-refractivity contribution is 0.174. The third kappa shape index (κ3) is 3.36. The molecule has 3 aromatic rings. The van der Waals surface area contributed by atoms with Gasteiger partial charge in [-0.3, -0.25) is 5.10 Å². The van der Waals surface area contributed by atoms with Crippen molar-refractivity contribution in [2.24, 2.45) is 0 Å². The fraction of sp³-hybridized carbons (Fsp3) is 0.286. The highest BCUT2D eigenvalue weighted by atomic mass is 16.7. The quantitative estimate of drug-likeness (QED) is 0.727. The molecule has 1 aromatic heterocycles. The molecule has 2 aliphatic heterocycles. The second-order valence-electron chi connectivity index (χ2n) is 7.20. The number of nitrogens with zero attached hydrogens (tertiary/aromatic N) is 3. The van der Waals surface area contributed by atoms with Gasteiger partial charge < -0.3 is 24.6 Å². The number of aromatic nitrogens is 2. The molecule has 5 rings (SSSR count). The average molecular weight is 377 g/mol. The summed E-state index contributed by atoms with van der Waals surface area (Å²) in [6.45, 7) is 4.63. The molecule has 1 saturated heterocycles. The van der Waals surface area contributed by atoms with E-state index >= 15 is 0 Å². The monoisotopic (exact) mass is 377 g/mol. The Labute approximate surface area is 163 Å². The molecule has 0 unspecified atom stereocenters. The Hall–Kier alpha value is -3.19. The second-order valence-corrected chi connectivity index (χ2v) is 7.20. The summed E-state index contributed by atoms with van der Waals surface area (Å²) in [7, 11) is 2.17. The van der Waals surface area contributed by atoms with E-state index in [0.717, 1.165) is 60.4 Å². The number of ether oxygens (including phenoxy) is 2. The second kappa shape index (κ2) is 7.09. The topological polar surface area (TPSA) is 65.7 Å². The molecule has 0 amide bonds. The summed E-state index contributed by atoms with van der Waals surface area (Å²) in [6, 6.07) is 16.4. The summed E-state index contributed by atoms with van der Waals surface area (Å²) >= 11 is 0. The van der Waals surface area contributed by atoms with Crippen LogP contribution in [0.15, 0.2) is 48.5 Å². The van der Waals surface area contributed by atoms with Crippen LogP contribution in [0.2, 0.25) is 0 Å². The fourth-order valence-corrected chi connectivity index (χ4v) is 3.57. The van der Waals surface area contributed by atoms with Crippen LogP contribution in [-0.4, -0.2) is 55.1 Å². The highest BCUT2D eigenvalue weighted by molar-refractivity contribution is 5.69. The van der Waals surface area contributed by atoms with Crippen molar-refractivity contribution >= 4 is 17.2 Å². The van der Waals surface area contributed by atoms with E-state index in [4.69, 9.17) is 9.47 Å². The molecule has 2 N–H and O–H groups in total. The van der Waals surface area contributed by atoms with Crippen LogP contribution < -0.4 is 19.7 Å². The van der Waals surface area contributed by atoms with Gasteiger partial charge in [-0.2, -0.15) is 5.10 Å². The van der Waals surface area contributed by atoms with Crippen molar-refractivity contribution in [1.29, 1.82) is 0 Å². The number of hydrogen-bond donors (Lipinski definition) is 2. The maximum Gasteiger partial charge on any atom is 0.231 e. The van der Waals surface area contributed by atoms with E-state index in [1.807, 2.05) is 24.3 Å². The van der Waals surface area contributed by atoms with Crippen LogP contribution in [0.1, 0.15) is 0 Å². The minimum Gasteiger partial charge on any atom is -0.454 e. The van der Waals surface area contributed by atoms with Crippen LogP contribution in [0.5, 0.6) is 11.5 Å². The van der Waals surface area contributed by atoms with Crippen LogP contribution in [0.25, 0.3) is 11.3 Å². The molecule has 0 aliphatic carbocycles. The first-order valence-electron chi connectivity index (χ1n) is 9.51. The van der Waals surface area contributed by atoms with Crippen molar-refractivity contribution in [3.63, 3.8) is 0 Å². The molecule has 7 heteroatoms. The number of hydrogen-bond acceptors (Lipinski definition) is 6. The van der Waals surface area contributed by atoms with Crippen molar-refractivity contribution in [2.45, 2.75) is 0 Å². The average Bonchev–Trinajstić information content (AvgIpc) is 3.38. The molecule has 0 bridgehead atoms. The van der Waals surface area contributed by atoms with Gasteiger partial charge in [0.1, 0.15) is 0 Å². The zero-order valence-corrected chi connectivity index (χ0v) is 15.8. The normalized spacial score (nSPS) is 16.4. The van der Waals surface area contributed by atoms with Gasteiger partial charge in [-0.25, -0.2) is 0 Å². The largest absolute Gasteiger partial charge is 0.454 e. The Morgan fingerprint density at radius 2 is 1.71 bits per heavy atom. The summed E-state index contributed by atoms with van der Waals surface area (Å²) in [4.78, 5) is 4.79. The van der Waals surface area contributed by atoms with Crippen molar-refractivity contribution in [1.82, 2.24) is 15.1 Å². The lowest BCUT2D eigenvalue weighted by Gasteiger charge is -2.34. The van der Waals surface area contributed by atoms with Crippen LogP contribution in [0.4, 0.5) is 17.2 Å². The zero-order chi connectivity index (χ0) is 18.9. The number of aromatic amines is 1. The molecule has 3 heterocycles. The molecule has 0 atom stereocenters. The molecular weight excluding hydrogens is 354 g/mol. The summed E-state index contributed by atoms with van der Waals surface area (Å²) in [6.07, 6.45) is 0. The van der Waals surface area contributed by atoms with Gasteiger partial charge in [-0.05, 0) is 49.5 Å². The van der Waals surface area contributed by atoms with E-state index < -0.39 is 0 Å². The minimum atomic E-state index is 0.276. The lowest BCUT2D eigenvalue weighted by Crippen LogP contribution is -2.44. The number of anilines is 3. The maximum absolute atomic E-state index is 5.45. The highest BCUT2D eigenvalue weighted by Crippen LogP contribution is 2.36. The van der Waals surface area contributed by atoms with Crippen molar-refractivity contribution in [3.05, 3.63) is 48.5 Å². The molecular formula is C21H23N5O2. The van der Waals surface area contributed by atoms with Crippen LogP contribution in [0.3, 0.4) is 0 Å². The summed E-state index contributed by atoms with van der Waals surface area (Å²) in [5.74, 6) is 2.32. The van der Waals surface area contributed by atoms with Crippen molar-refractivity contribution in [2.75, 3.05) is 50.2 Å². The van der Waals surface area contributed by atoms with Gasteiger partial charge in [-0.15, -0.1) is 0 Å². The molecule has 144 valence electrons.